The van der Waals surface area contributed by atoms with Crippen LogP contribution in [-0.2, 0) is 0 Å². The number of rotatable bonds is 5. The Morgan fingerprint density at radius 2 is 2.10 bits per heavy atom. The minimum Gasteiger partial charge on any atom is -0.493 e. The molecule has 0 amide bonds. The van der Waals surface area contributed by atoms with Crippen LogP contribution in [0.2, 0.25) is 0 Å². The van der Waals surface area contributed by atoms with Crippen LogP contribution in [0.25, 0.3) is 0 Å². The van der Waals surface area contributed by atoms with Gasteiger partial charge in [-0.3, -0.25) is 5.43 Å². The summed E-state index contributed by atoms with van der Waals surface area (Å²) in [5.41, 5.74) is 11.6. The average Bonchev–Trinajstić information content (AvgIpc) is 2.80. The molecule has 2 aromatic rings. The highest BCUT2D eigenvalue weighted by atomic mass is 32.1. The van der Waals surface area contributed by atoms with Gasteiger partial charge in [0.25, 0.3) is 0 Å². The number of hydrogen-bond acceptors (Lipinski definition) is 6. The van der Waals surface area contributed by atoms with Gasteiger partial charge in [0, 0.05) is 5.38 Å². The number of benzene rings is 1. The third kappa shape index (κ3) is 3.48. The van der Waals surface area contributed by atoms with Gasteiger partial charge in [0.15, 0.2) is 0 Å². The average molecular weight is 290 g/mol. The summed E-state index contributed by atoms with van der Waals surface area (Å²) in [5, 5.41) is 6.61. The summed E-state index contributed by atoms with van der Waals surface area (Å²) >= 11 is 1.42. The standard InChI is InChI=1S/C14H18N4OS/c1-4-19-13-9(2)5-11(6-10(13)3)7-16-18-14-17-12(15)8-20-14/h5-8H,4,15H2,1-3H3,(H,17,18). The number of aromatic nitrogens is 1. The zero-order valence-corrected chi connectivity index (χ0v) is 12.6. The van der Waals surface area contributed by atoms with Gasteiger partial charge in [0.1, 0.15) is 11.6 Å². The number of hydrazone groups is 1. The molecule has 0 aliphatic carbocycles. The van der Waals surface area contributed by atoms with Gasteiger partial charge in [0.05, 0.1) is 12.8 Å². The minimum absolute atomic E-state index is 0.500. The van der Waals surface area contributed by atoms with Crippen molar-refractivity contribution in [1.82, 2.24) is 4.98 Å². The molecule has 3 N–H and O–H groups in total. The summed E-state index contributed by atoms with van der Waals surface area (Å²) in [7, 11) is 0. The number of nitrogens with one attached hydrogen (secondary N) is 1. The normalized spacial score (nSPS) is 10.9. The van der Waals surface area contributed by atoms with Gasteiger partial charge in [-0.2, -0.15) is 5.10 Å². The Morgan fingerprint density at radius 1 is 1.40 bits per heavy atom. The van der Waals surface area contributed by atoms with Gasteiger partial charge in [-0.05, 0) is 49.6 Å². The van der Waals surface area contributed by atoms with Crippen molar-refractivity contribution in [2.24, 2.45) is 5.10 Å². The molecular formula is C14H18N4OS. The third-order valence-electron chi connectivity index (χ3n) is 2.67. The molecule has 106 valence electrons. The summed E-state index contributed by atoms with van der Waals surface area (Å²) < 4.78 is 5.62. The van der Waals surface area contributed by atoms with E-state index in [2.05, 4.69) is 15.5 Å². The lowest BCUT2D eigenvalue weighted by Crippen LogP contribution is -1.98. The number of ether oxygens (including phenoxy) is 1. The second-order valence-corrected chi connectivity index (χ2v) is 5.22. The maximum atomic E-state index is 5.62. The quantitative estimate of drug-likeness (QED) is 0.655. The SMILES string of the molecule is CCOc1c(C)cc(C=NNc2nc(N)cs2)cc1C. The first-order chi connectivity index (χ1) is 9.60. The molecule has 5 nitrogen and oxygen atoms in total. The van der Waals surface area contributed by atoms with Crippen LogP contribution in [-0.4, -0.2) is 17.8 Å². The van der Waals surface area contributed by atoms with Gasteiger partial charge < -0.3 is 10.5 Å². The third-order valence-corrected chi connectivity index (χ3v) is 3.43. The fourth-order valence-corrected chi connectivity index (χ4v) is 2.48. The predicted octanol–water partition coefficient (Wildman–Crippen LogP) is 3.19. The van der Waals surface area contributed by atoms with Crippen molar-refractivity contribution in [3.63, 3.8) is 0 Å². The second kappa shape index (κ2) is 6.38. The van der Waals surface area contributed by atoms with E-state index in [1.165, 1.54) is 11.3 Å². The van der Waals surface area contributed by atoms with E-state index in [0.29, 0.717) is 17.6 Å². The monoisotopic (exact) mass is 290 g/mol. The van der Waals surface area contributed by atoms with E-state index >= 15 is 0 Å². The first kappa shape index (κ1) is 14.3. The second-order valence-electron chi connectivity index (χ2n) is 4.36. The molecule has 1 aromatic heterocycles. The van der Waals surface area contributed by atoms with E-state index < -0.39 is 0 Å². The summed E-state index contributed by atoms with van der Waals surface area (Å²) in [5.74, 6) is 1.45. The lowest BCUT2D eigenvalue weighted by Gasteiger charge is -2.11. The Morgan fingerprint density at radius 3 is 2.65 bits per heavy atom. The highest BCUT2D eigenvalue weighted by Crippen LogP contribution is 2.24. The van der Waals surface area contributed by atoms with Gasteiger partial charge in [-0.25, -0.2) is 4.98 Å². The molecule has 0 radical (unpaired) electrons. The van der Waals surface area contributed by atoms with Crippen LogP contribution >= 0.6 is 11.3 Å². The lowest BCUT2D eigenvalue weighted by atomic mass is 10.1. The highest BCUT2D eigenvalue weighted by Gasteiger charge is 2.04. The predicted molar refractivity (Wildman–Crippen MR) is 84.8 cm³/mol. The van der Waals surface area contributed by atoms with Crippen LogP contribution < -0.4 is 15.9 Å². The maximum absolute atomic E-state index is 5.62. The van der Waals surface area contributed by atoms with Crippen LogP contribution in [0.3, 0.4) is 0 Å². The van der Waals surface area contributed by atoms with Crippen LogP contribution in [0.4, 0.5) is 10.9 Å². The fraction of sp³-hybridized carbons (Fsp3) is 0.286. The topological polar surface area (TPSA) is 72.5 Å². The van der Waals surface area contributed by atoms with E-state index in [4.69, 9.17) is 10.5 Å². The van der Waals surface area contributed by atoms with Crippen molar-refractivity contribution in [2.75, 3.05) is 17.8 Å². The molecule has 6 heteroatoms. The molecule has 0 bridgehead atoms. The molecule has 0 spiro atoms. The molecule has 0 aliphatic rings. The molecule has 1 aromatic carbocycles. The molecular weight excluding hydrogens is 272 g/mol. The fourth-order valence-electron chi connectivity index (χ4n) is 1.93. The summed E-state index contributed by atoms with van der Waals surface area (Å²) in [6, 6.07) is 4.08. The smallest absolute Gasteiger partial charge is 0.205 e. The minimum atomic E-state index is 0.500. The maximum Gasteiger partial charge on any atom is 0.205 e. The number of hydrogen-bond donors (Lipinski definition) is 2. The molecule has 0 atom stereocenters. The van der Waals surface area contributed by atoms with Crippen LogP contribution in [0.15, 0.2) is 22.6 Å². The number of anilines is 2. The molecule has 0 aliphatic heterocycles. The summed E-state index contributed by atoms with van der Waals surface area (Å²) in [4.78, 5) is 4.07. The molecule has 20 heavy (non-hydrogen) atoms. The molecule has 0 saturated heterocycles. The van der Waals surface area contributed by atoms with Crippen molar-refractivity contribution in [3.8, 4) is 5.75 Å². The summed E-state index contributed by atoms with van der Waals surface area (Å²) in [6.07, 6.45) is 1.76. The zero-order valence-electron chi connectivity index (χ0n) is 11.8. The first-order valence-electron chi connectivity index (χ1n) is 6.34. The Balaban J connectivity index is 2.09. The Kier molecular flexibility index (Phi) is 4.57. The largest absolute Gasteiger partial charge is 0.493 e. The van der Waals surface area contributed by atoms with Crippen molar-refractivity contribution in [2.45, 2.75) is 20.8 Å². The number of thiazole rings is 1. The summed E-state index contributed by atoms with van der Waals surface area (Å²) in [6.45, 7) is 6.72. The Bertz CT molecular complexity index is 598. The van der Waals surface area contributed by atoms with Gasteiger partial charge >= 0.3 is 0 Å². The van der Waals surface area contributed by atoms with Crippen LogP contribution in [0.1, 0.15) is 23.6 Å². The Hall–Kier alpha value is -2.08. The molecule has 0 unspecified atom stereocenters. The molecule has 1 heterocycles. The van der Waals surface area contributed by atoms with E-state index in [-0.39, 0.29) is 0 Å². The number of nitrogens with two attached hydrogens (primary N) is 1. The number of nitrogen functional groups attached to an aromatic ring is 1. The van der Waals surface area contributed by atoms with E-state index in [0.717, 1.165) is 22.4 Å². The van der Waals surface area contributed by atoms with Gasteiger partial charge in [-0.1, -0.05) is 0 Å². The molecule has 2 rings (SSSR count). The highest BCUT2D eigenvalue weighted by molar-refractivity contribution is 7.14. The van der Waals surface area contributed by atoms with E-state index in [1.807, 2.05) is 32.9 Å². The molecule has 0 saturated carbocycles. The lowest BCUT2D eigenvalue weighted by molar-refractivity contribution is 0.335. The van der Waals surface area contributed by atoms with Gasteiger partial charge in [-0.15, -0.1) is 11.3 Å². The van der Waals surface area contributed by atoms with Crippen LogP contribution in [0.5, 0.6) is 5.75 Å². The zero-order chi connectivity index (χ0) is 14.5. The van der Waals surface area contributed by atoms with Crippen LogP contribution in [0, 0.1) is 13.8 Å². The van der Waals surface area contributed by atoms with E-state index in [9.17, 15) is 0 Å². The molecule has 0 fully saturated rings. The Labute approximate surface area is 122 Å². The number of aryl methyl sites for hydroxylation is 2. The number of nitrogens with zero attached hydrogens (tertiary/aromatic N) is 2. The van der Waals surface area contributed by atoms with Crippen molar-refractivity contribution in [3.05, 3.63) is 34.2 Å². The van der Waals surface area contributed by atoms with Crippen molar-refractivity contribution >= 4 is 28.5 Å². The van der Waals surface area contributed by atoms with Crippen molar-refractivity contribution in [1.29, 1.82) is 0 Å². The van der Waals surface area contributed by atoms with Gasteiger partial charge in [0.2, 0.25) is 5.13 Å². The van der Waals surface area contributed by atoms with Crippen molar-refractivity contribution < 1.29 is 4.74 Å². The van der Waals surface area contributed by atoms with E-state index in [1.54, 1.807) is 11.6 Å². The first-order valence-corrected chi connectivity index (χ1v) is 7.22.